The smallest absolute Gasteiger partial charge is 0.255 e. The monoisotopic (exact) mass is 449 g/mol. The molecule has 1 aliphatic heterocycles. The lowest BCUT2D eigenvalue weighted by Gasteiger charge is -2.17. The fraction of sp³-hybridized carbons (Fsp3) is 0.200. The zero-order valence-corrected chi connectivity index (χ0v) is 18.5. The van der Waals surface area contributed by atoms with Crippen molar-refractivity contribution in [2.75, 3.05) is 26.3 Å². The highest BCUT2D eigenvalue weighted by Gasteiger charge is 2.22. The molecule has 3 aromatic carbocycles. The minimum atomic E-state index is -0.456. The number of carbonyl (C=O) groups is 2. The summed E-state index contributed by atoms with van der Waals surface area (Å²) in [4.78, 5) is 25.2. The topological polar surface area (TPSA) is 92.3 Å². The Kier molecular flexibility index (Phi) is 6.35. The van der Waals surface area contributed by atoms with E-state index < -0.39 is 5.91 Å². The average Bonchev–Trinajstić information content (AvgIpc) is 3.29. The van der Waals surface area contributed by atoms with Crippen molar-refractivity contribution in [3.63, 3.8) is 0 Å². The molecule has 1 heterocycles. The normalized spacial score (nSPS) is 11.6. The van der Waals surface area contributed by atoms with E-state index in [0.29, 0.717) is 46.6 Å². The second-order valence-corrected chi connectivity index (χ2v) is 7.25. The van der Waals surface area contributed by atoms with E-state index >= 15 is 0 Å². The predicted molar refractivity (Wildman–Crippen MR) is 121 cm³/mol. The third kappa shape index (κ3) is 4.69. The summed E-state index contributed by atoms with van der Waals surface area (Å²) in [5.41, 5.74) is 1.87. The van der Waals surface area contributed by atoms with Gasteiger partial charge in [0, 0.05) is 17.2 Å². The van der Waals surface area contributed by atoms with E-state index in [0.717, 1.165) is 5.56 Å². The van der Waals surface area contributed by atoms with E-state index in [2.05, 4.69) is 5.32 Å². The van der Waals surface area contributed by atoms with Crippen LogP contribution in [0.4, 0.5) is 5.69 Å². The van der Waals surface area contributed by atoms with Crippen LogP contribution in [0.1, 0.15) is 33.2 Å². The standard InChI is InChI=1S/C25H23NO7/c1-15(27)18-11-20-21(33-14-32-20)12-19(18)26-25(28)17-9-22(29-2)24(23(10-17)30-3)31-13-16-7-5-4-6-8-16/h4-12H,13-14H2,1-3H3,(H,26,28). The van der Waals surface area contributed by atoms with Gasteiger partial charge in [0.2, 0.25) is 12.5 Å². The molecule has 170 valence electrons. The summed E-state index contributed by atoms with van der Waals surface area (Å²) in [5, 5.41) is 2.77. The number of rotatable bonds is 8. The second kappa shape index (κ2) is 9.52. The van der Waals surface area contributed by atoms with Gasteiger partial charge in [0.1, 0.15) is 6.61 Å². The highest BCUT2D eigenvalue weighted by Crippen LogP contribution is 2.40. The molecule has 0 unspecified atom stereocenters. The molecule has 4 rings (SSSR count). The lowest BCUT2D eigenvalue weighted by Crippen LogP contribution is -2.15. The van der Waals surface area contributed by atoms with Crippen molar-refractivity contribution < 1.29 is 33.3 Å². The SMILES string of the molecule is COc1cc(C(=O)Nc2cc3c(cc2C(C)=O)OCO3)cc(OC)c1OCc1ccccc1. The van der Waals surface area contributed by atoms with Crippen molar-refractivity contribution in [1.29, 1.82) is 0 Å². The maximum Gasteiger partial charge on any atom is 0.255 e. The summed E-state index contributed by atoms with van der Waals surface area (Å²) < 4.78 is 27.6. The van der Waals surface area contributed by atoms with Crippen LogP contribution in [-0.2, 0) is 6.61 Å². The van der Waals surface area contributed by atoms with Crippen molar-refractivity contribution >= 4 is 17.4 Å². The summed E-state index contributed by atoms with van der Waals surface area (Å²) in [6.45, 7) is 1.78. The molecule has 0 saturated carbocycles. The largest absolute Gasteiger partial charge is 0.493 e. The van der Waals surface area contributed by atoms with Crippen molar-refractivity contribution in [2.24, 2.45) is 0 Å². The van der Waals surface area contributed by atoms with Crippen LogP contribution in [0.3, 0.4) is 0 Å². The van der Waals surface area contributed by atoms with Crippen LogP contribution >= 0.6 is 0 Å². The van der Waals surface area contributed by atoms with Crippen molar-refractivity contribution in [3.8, 4) is 28.7 Å². The number of nitrogens with one attached hydrogen (secondary N) is 1. The number of fused-ring (bicyclic) bond motifs is 1. The molecular formula is C25H23NO7. The van der Waals surface area contributed by atoms with Gasteiger partial charge in [-0.2, -0.15) is 0 Å². The number of hydrogen-bond acceptors (Lipinski definition) is 7. The van der Waals surface area contributed by atoms with Crippen molar-refractivity contribution in [1.82, 2.24) is 0 Å². The first kappa shape index (κ1) is 22.0. The number of anilines is 1. The fourth-order valence-electron chi connectivity index (χ4n) is 3.41. The summed E-state index contributed by atoms with van der Waals surface area (Å²) in [7, 11) is 2.97. The number of Topliss-reactive ketones (excluding diaryl/α,β-unsaturated/α-hetero) is 1. The lowest BCUT2D eigenvalue weighted by atomic mass is 10.1. The second-order valence-electron chi connectivity index (χ2n) is 7.25. The number of carbonyl (C=O) groups excluding carboxylic acids is 2. The van der Waals surface area contributed by atoms with Gasteiger partial charge >= 0.3 is 0 Å². The minimum absolute atomic E-state index is 0.0585. The first-order chi connectivity index (χ1) is 16.0. The van der Waals surface area contributed by atoms with Gasteiger partial charge in [0.15, 0.2) is 28.8 Å². The van der Waals surface area contributed by atoms with E-state index in [1.54, 1.807) is 24.3 Å². The van der Waals surface area contributed by atoms with Crippen molar-refractivity contribution in [2.45, 2.75) is 13.5 Å². The van der Waals surface area contributed by atoms with Crippen LogP contribution in [0.2, 0.25) is 0 Å². The molecule has 1 N–H and O–H groups in total. The van der Waals surface area contributed by atoms with E-state index in [9.17, 15) is 9.59 Å². The average molecular weight is 449 g/mol. The van der Waals surface area contributed by atoms with Crippen LogP contribution in [0, 0.1) is 0 Å². The van der Waals surface area contributed by atoms with Gasteiger partial charge in [0.05, 0.1) is 19.9 Å². The van der Waals surface area contributed by atoms with Gasteiger partial charge in [-0.25, -0.2) is 0 Å². The number of ether oxygens (including phenoxy) is 5. The first-order valence-electron chi connectivity index (χ1n) is 10.2. The Bertz CT molecular complexity index is 1170. The zero-order chi connectivity index (χ0) is 23.4. The Labute approximate surface area is 191 Å². The predicted octanol–water partition coefficient (Wildman–Crippen LogP) is 4.47. The molecule has 3 aromatic rings. The van der Waals surface area contributed by atoms with Crippen LogP contribution in [0.5, 0.6) is 28.7 Å². The van der Waals surface area contributed by atoms with Gasteiger partial charge in [0.25, 0.3) is 5.91 Å². The molecule has 0 bridgehead atoms. The molecule has 8 nitrogen and oxygen atoms in total. The number of hydrogen-bond donors (Lipinski definition) is 1. The summed E-state index contributed by atoms with van der Waals surface area (Å²) in [6, 6.07) is 15.9. The Morgan fingerprint density at radius 2 is 1.58 bits per heavy atom. The zero-order valence-electron chi connectivity index (χ0n) is 18.5. The Morgan fingerprint density at radius 1 is 0.939 bits per heavy atom. The highest BCUT2D eigenvalue weighted by atomic mass is 16.7. The van der Waals surface area contributed by atoms with Crippen molar-refractivity contribution in [3.05, 3.63) is 71.3 Å². The number of ketones is 1. The van der Waals surface area contributed by atoms with Crippen LogP contribution in [0.25, 0.3) is 0 Å². The van der Waals surface area contributed by atoms with E-state index in [1.807, 2.05) is 30.3 Å². The molecule has 0 aliphatic carbocycles. The van der Waals surface area contributed by atoms with Gasteiger partial charge in [-0.3, -0.25) is 9.59 Å². The van der Waals surface area contributed by atoms with Crippen LogP contribution in [0.15, 0.2) is 54.6 Å². The molecule has 33 heavy (non-hydrogen) atoms. The van der Waals surface area contributed by atoms with Gasteiger partial charge < -0.3 is 29.0 Å². The molecule has 1 amide bonds. The summed E-state index contributed by atoms with van der Waals surface area (Å²) >= 11 is 0. The molecule has 0 spiro atoms. The minimum Gasteiger partial charge on any atom is -0.493 e. The third-order valence-corrected chi connectivity index (χ3v) is 5.09. The Balaban J connectivity index is 1.61. The summed E-state index contributed by atoms with van der Waals surface area (Å²) in [6.07, 6.45) is 0. The number of amides is 1. The quantitative estimate of drug-likeness (QED) is 0.508. The third-order valence-electron chi connectivity index (χ3n) is 5.09. The van der Waals surface area contributed by atoms with Crippen LogP contribution < -0.4 is 29.0 Å². The Morgan fingerprint density at radius 3 is 2.18 bits per heavy atom. The molecule has 0 aromatic heterocycles. The molecule has 1 aliphatic rings. The maximum absolute atomic E-state index is 13.1. The van der Waals surface area contributed by atoms with Gasteiger partial charge in [-0.1, -0.05) is 30.3 Å². The molecule has 0 radical (unpaired) electrons. The molecular weight excluding hydrogens is 426 g/mol. The lowest BCUT2D eigenvalue weighted by molar-refractivity contribution is 0.101. The molecule has 0 fully saturated rings. The highest BCUT2D eigenvalue weighted by molar-refractivity contribution is 6.10. The number of benzene rings is 3. The number of methoxy groups -OCH3 is 2. The molecule has 8 heteroatoms. The maximum atomic E-state index is 13.1. The van der Waals surface area contributed by atoms with Gasteiger partial charge in [-0.15, -0.1) is 0 Å². The van der Waals surface area contributed by atoms with Gasteiger partial charge in [-0.05, 0) is 30.7 Å². The Hall–Kier alpha value is -4.20. The molecule has 0 atom stereocenters. The summed E-state index contributed by atoms with van der Waals surface area (Å²) in [5.74, 6) is 1.30. The first-order valence-corrected chi connectivity index (χ1v) is 10.2. The fourth-order valence-corrected chi connectivity index (χ4v) is 3.41. The van der Waals surface area contributed by atoms with Crippen LogP contribution in [-0.4, -0.2) is 32.7 Å². The van der Waals surface area contributed by atoms with E-state index in [-0.39, 0.29) is 18.1 Å². The van der Waals surface area contributed by atoms with E-state index in [4.69, 9.17) is 23.7 Å². The van der Waals surface area contributed by atoms with E-state index in [1.165, 1.54) is 21.1 Å². The molecule has 0 saturated heterocycles.